The van der Waals surface area contributed by atoms with Crippen molar-refractivity contribution in [3.8, 4) is 0 Å². The first-order valence-electron chi connectivity index (χ1n) is 23.7. The fraction of sp³-hybridized carbons (Fsp3) is 0.491. The Bertz CT molecular complexity index is 2620. The number of hydrogen-bond acceptors (Lipinski definition) is 8. The Kier molecular flexibility index (Phi) is 18.3. The molecular weight excluding hydrogens is 837 g/mol. The van der Waals surface area contributed by atoms with Crippen LogP contribution in [0.25, 0.3) is 50.4 Å². The first kappa shape index (κ1) is 52.1. The number of Topliss-reactive ketones (excluding diaryl/α,β-unsaturated/α-hetero) is 1. The molecule has 10 nitrogen and oxygen atoms in total. The van der Waals surface area contributed by atoms with Gasteiger partial charge in [0.25, 0.3) is 0 Å². The average Bonchev–Trinajstić information content (AvgIpc) is 4.02. The summed E-state index contributed by atoms with van der Waals surface area (Å²) in [6.07, 6.45) is 16.5. The van der Waals surface area contributed by atoms with Gasteiger partial charge >= 0.3 is 35.0 Å². The maximum absolute atomic E-state index is 14.3. The molecule has 0 radical (unpaired) electrons. The summed E-state index contributed by atoms with van der Waals surface area (Å²) in [6, 6.07) is 5.46. The predicted octanol–water partition coefficient (Wildman–Crippen LogP) is 12.1. The molecule has 3 atom stereocenters. The molecule has 0 fully saturated rings. The van der Waals surface area contributed by atoms with Crippen molar-refractivity contribution in [2.24, 2.45) is 17.8 Å². The number of hydrogen-bond donors (Lipinski definition) is 0. The predicted molar refractivity (Wildman–Crippen MR) is 268 cm³/mol. The molecule has 3 aliphatic rings. The molecule has 5 heterocycles. The summed E-state index contributed by atoms with van der Waals surface area (Å²) in [5.74, 6) is -0.516. The normalized spacial score (nSPS) is 15.6. The minimum Gasteiger partial charge on any atom is -0.657 e. The summed E-state index contributed by atoms with van der Waals surface area (Å²) < 4.78 is 11.0. The molecule has 66 heavy (non-hydrogen) atoms. The van der Waals surface area contributed by atoms with Crippen LogP contribution in [0, 0.1) is 31.6 Å². The van der Waals surface area contributed by atoms with Crippen LogP contribution in [0.2, 0.25) is 0 Å². The number of nitrogens with zero attached hydrogens (tertiary/aromatic N) is 4. The molecule has 6 rings (SSSR count). The molecule has 0 amide bonds. The summed E-state index contributed by atoms with van der Waals surface area (Å²) >= 11 is 0. The van der Waals surface area contributed by atoms with Gasteiger partial charge in [0.15, 0.2) is 12.1 Å². The monoisotopic (exact) mass is 904 g/mol. The summed E-state index contributed by atoms with van der Waals surface area (Å²) in [7, 11) is 1.26. The number of esters is 2. The number of aryl methyl sites for hydroxylation is 2. The molecule has 0 spiro atoms. The Labute approximate surface area is 407 Å². The van der Waals surface area contributed by atoms with Gasteiger partial charge in [-0.3, -0.25) is 19.2 Å². The molecular formula is C55H68MgN4O6. The zero-order chi connectivity index (χ0) is 47.1. The molecule has 0 N–H and O–H groups in total. The molecule has 1 aliphatic carbocycles. The van der Waals surface area contributed by atoms with Crippen LogP contribution in [0.1, 0.15) is 187 Å². The number of aldehydes is 1. The van der Waals surface area contributed by atoms with Crippen molar-refractivity contribution in [1.29, 1.82) is 0 Å². The Hall–Kier alpha value is -4.87. The van der Waals surface area contributed by atoms with Gasteiger partial charge in [0.2, 0.25) is 0 Å². The van der Waals surface area contributed by atoms with Gasteiger partial charge in [0, 0.05) is 17.6 Å². The quantitative estimate of drug-likeness (QED) is 0.0333. The Morgan fingerprint density at radius 1 is 0.833 bits per heavy atom. The molecule has 0 saturated carbocycles. The van der Waals surface area contributed by atoms with E-state index in [1.165, 1.54) is 57.6 Å². The van der Waals surface area contributed by atoms with Gasteiger partial charge in [0.1, 0.15) is 12.5 Å². The van der Waals surface area contributed by atoms with Gasteiger partial charge in [-0.2, -0.15) is 0 Å². The summed E-state index contributed by atoms with van der Waals surface area (Å²) in [6.45, 7) is 23.3. The Morgan fingerprint density at radius 3 is 2.11 bits per heavy atom. The number of rotatable bonds is 21. The third-order valence-electron chi connectivity index (χ3n) is 13.7. The molecule has 2 aliphatic heterocycles. The topological polar surface area (TPSA) is 141 Å². The van der Waals surface area contributed by atoms with E-state index in [0.29, 0.717) is 85.0 Å². The first-order valence-corrected chi connectivity index (χ1v) is 23.7. The molecule has 0 aromatic carbocycles. The van der Waals surface area contributed by atoms with Crippen LogP contribution >= 0.6 is 0 Å². The van der Waals surface area contributed by atoms with E-state index < -0.39 is 17.7 Å². The third kappa shape index (κ3) is 11.4. The second-order valence-electron chi connectivity index (χ2n) is 18.9. The maximum Gasteiger partial charge on any atom is 2.00 e. The van der Waals surface area contributed by atoms with Crippen molar-refractivity contribution in [2.45, 2.75) is 145 Å². The molecule has 346 valence electrons. The number of carbonyl (C=O) groups excluding carboxylic acids is 4. The van der Waals surface area contributed by atoms with E-state index in [1.54, 1.807) is 25.1 Å². The number of allylic oxidation sites excluding steroid dienone is 5. The number of fused-ring (bicyclic) bond motifs is 8. The summed E-state index contributed by atoms with van der Waals surface area (Å²) in [4.78, 5) is 73.9. The smallest absolute Gasteiger partial charge is 0.657 e. The minimum absolute atomic E-state index is 0. The van der Waals surface area contributed by atoms with Crippen molar-refractivity contribution in [3.63, 3.8) is 0 Å². The van der Waals surface area contributed by atoms with Crippen molar-refractivity contribution in [3.05, 3.63) is 87.0 Å². The molecule has 3 unspecified atom stereocenters. The van der Waals surface area contributed by atoms with Gasteiger partial charge in [-0.05, 0) is 111 Å². The van der Waals surface area contributed by atoms with Crippen LogP contribution in [-0.2, 0) is 23.9 Å². The fourth-order valence-electron chi connectivity index (χ4n) is 9.65. The standard InChI is InChI=1S/C55H69N4O6.Mg/c1-12-38-35(8)42-27-43-36(9)40(23-24-48(61)65-26-25-34(7)22-16-21-33(6)20-15-19-32(5)18-14-17-31(3)4)52(58-43)50-51(55(63)64-11)54(62)49-37(10)44(59-53(49)50)28-46-39(13-2)41(30-60)47(57-46)29-45(38)56-42;/h12,25,27-33,51H,1,13-24,26H2,2-11H3,(H-,56,57,58,59,60,62);/q-1;+2/p-1/b34-25+,42-27?,43-27?,44-28?,45-29?,46-28?,47-29?,52-50?;. The second-order valence-corrected chi connectivity index (χ2v) is 18.9. The zero-order valence-electron chi connectivity index (χ0n) is 41.1. The van der Waals surface area contributed by atoms with E-state index in [-0.39, 0.29) is 48.5 Å². The van der Waals surface area contributed by atoms with Crippen LogP contribution < -0.4 is 9.97 Å². The van der Waals surface area contributed by atoms with E-state index >= 15 is 0 Å². The largest absolute Gasteiger partial charge is 2.00 e. The van der Waals surface area contributed by atoms with Gasteiger partial charge in [-0.1, -0.05) is 121 Å². The maximum atomic E-state index is 14.3. The van der Waals surface area contributed by atoms with Crippen molar-refractivity contribution in [2.75, 3.05) is 13.7 Å². The third-order valence-corrected chi connectivity index (χ3v) is 13.7. The van der Waals surface area contributed by atoms with Gasteiger partial charge in [-0.25, -0.2) is 9.97 Å². The summed E-state index contributed by atoms with van der Waals surface area (Å²) in [5, 5.41) is 0. The van der Waals surface area contributed by atoms with Gasteiger partial charge < -0.3 is 19.4 Å². The minimum atomic E-state index is -1.30. The van der Waals surface area contributed by atoms with E-state index in [1.807, 2.05) is 32.9 Å². The van der Waals surface area contributed by atoms with Crippen LogP contribution in [0.15, 0.2) is 36.4 Å². The number of aromatic nitrogens is 4. The van der Waals surface area contributed by atoms with Crippen molar-refractivity contribution in [1.82, 2.24) is 19.9 Å². The van der Waals surface area contributed by atoms with E-state index in [0.717, 1.165) is 53.2 Å². The Morgan fingerprint density at radius 2 is 1.47 bits per heavy atom. The SMILES string of the molecule is C=Cc1c(C)c2cc3nc(c4c5[n-]c(cc6nc(cc1[n-]2)C(C=O)=C6CC)c(C)c5C(=O)C4C(=O)OC)C(CCC(=O)OC/C=C(\C)CCCC(C)CCCC(C)CCCC(C)C)=C3C.[Mg+2]. The molecule has 8 bridgehead atoms. The van der Waals surface area contributed by atoms with Crippen LogP contribution in [-0.4, -0.2) is 70.7 Å². The van der Waals surface area contributed by atoms with Crippen LogP contribution in [0.3, 0.4) is 0 Å². The Balaban J connectivity index is 0.00000817. The molecule has 3 aromatic heterocycles. The van der Waals surface area contributed by atoms with E-state index in [9.17, 15) is 19.2 Å². The summed E-state index contributed by atoms with van der Waals surface area (Å²) in [5.41, 5.74) is 10.9. The second kappa shape index (κ2) is 23.2. The number of carbonyl (C=O) groups is 4. The average molecular weight is 905 g/mol. The number of ketones is 1. The van der Waals surface area contributed by atoms with Crippen LogP contribution in [0.4, 0.5) is 0 Å². The van der Waals surface area contributed by atoms with E-state index in [2.05, 4.69) is 41.2 Å². The fourth-order valence-corrected chi connectivity index (χ4v) is 9.65. The van der Waals surface area contributed by atoms with Crippen molar-refractivity contribution < 1.29 is 28.7 Å². The molecule has 3 aromatic rings. The van der Waals surface area contributed by atoms with E-state index in [4.69, 9.17) is 29.4 Å². The van der Waals surface area contributed by atoms with Gasteiger partial charge in [-0.15, -0.1) is 22.1 Å². The van der Waals surface area contributed by atoms with Crippen molar-refractivity contribution >= 4 is 97.5 Å². The number of methoxy groups -OCH3 is 1. The van der Waals surface area contributed by atoms with Crippen LogP contribution in [0.5, 0.6) is 0 Å². The first-order chi connectivity index (χ1) is 31.1. The zero-order valence-corrected chi connectivity index (χ0v) is 42.5. The number of ether oxygens (including phenoxy) is 2. The van der Waals surface area contributed by atoms with Gasteiger partial charge in [0.05, 0.1) is 29.9 Å². The molecule has 0 saturated heterocycles. The molecule has 11 heteroatoms.